The summed E-state index contributed by atoms with van der Waals surface area (Å²) in [6.07, 6.45) is -67.7. The third kappa shape index (κ3) is 37.7. The largest absolute Gasteiger partial charge is 1.00 e. The number of aliphatic carboxylic acids is 2. The fourth-order valence-electron chi connectivity index (χ4n) is 8.75. The predicted octanol–water partition coefficient (Wildman–Crippen LogP) is -49.8. The minimum Gasteiger partial charge on any atom is -0.735 e. The van der Waals surface area contributed by atoms with Gasteiger partial charge in [0, 0.05) is 0 Å². The van der Waals surface area contributed by atoms with Crippen molar-refractivity contribution in [2.45, 2.75) is 153 Å². The minimum absolute atomic E-state index is 0. The molecule has 5 rings (SSSR count). The SMILES string of the molecule is O=C([O-])[C@H]1O[C@@H](O[C@H]2[C@H](OS(=O)(=O)[O-])[C@@H](NS(=O)(=O)[O-])[C@@H](O[C@H]3[C@H](O)[C@@H](OS(=O)(=O)[O-])[C@H](O[C@H]4[C@H](O)[C@@H](NS(=O)(=O)[O-])C(O)O[C@@H]4COS(=O)(=O)[O-])O[C@H]3C(=O)[O-])O[C@@H]2COS(=O)(=O)[O-])[C@H](O)[C@@H](O)[C@@H]1O[C@H]1O[C@H](COS(=O)(=O)[O-])[C@@H](O)[C@H](O)[C@H]1NS(=O)(=O)[O-].[Na+].[Na+].[Na+].[Na+].[Na+].[Na+].[Na+].[Na+].[Na+].[Na+]. The summed E-state index contributed by atoms with van der Waals surface area (Å²) in [6, 6.07) is -8.85. The van der Waals surface area contributed by atoms with E-state index in [1.807, 2.05) is 0 Å². The number of aliphatic hydroxyl groups is 7. The van der Waals surface area contributed by atoms with Crippen molar-refractivity contribution < 1.29 is 518 Å². The molecule has 0 spiro atoms. The molecule has 0 aliphatic carbocycles. The molecule has 0 aromatic heterocycles. The van der Waals surface area contributed by atoms with Crippen molar-refractivity contribution in [3.05, 3.63) is 0 Å². The number of aliphatic hydroxyl groups excluding tert-OH is 7. The van der Waals surface area contributed by atoms with Crippen molar-refractivity contribution in [3.63, 3.8) is 0 Å². The third-order valence-electron chi connectivity index (χ3n) is 12.2. The van der Waals surface area contributed by atoms with E-state index in [4.69, 9.17) is 42.6 Å². The molecule has 5 aliphatic rings. The first-order valence-corrected chi connectivity index (χ1v) is 33.9. The second-order valence-electron chi connectivity index (χ2n) is 18.3. The van der Waals surface area contributed by atoms with E-state index >= 15 is 0 Å². The molecule has 100 heavy (non-hydrogen) atoms. The monoisotopic (exact) mass is 1710 g/mol. The molecule has 0 saturated carbocycles. The Balaban J connectivity index is -0.00000221. The van der Waals surface area contributed by atoms with E-state index in [0.29, 0.717) is 0 Å². The van der Waals surface area contributed by atoms with E-state index in [0.717, 1.165) is 14.2 Å². The van der Waals surface area contributed by atoms with Gasteiger partial charge in [-0.3, -0.25) is 20.9 Å². The second kappa shape index (κ2) is 48.2. The molecule has 70 heteroatoms. The topological polar surface area (TPSA) is 845 Å². The van der Waals surface area contributed by atoms with E-state index < -0.39 is 268 Å². The molecular formula is C30H41N3Na10O49S8. The van der Waals surface area contributed by atoms with Gasteiger partial charge < -0.3 is 135 Å². The van der Waals surface area contributed by atoms with Gasteiger partial charge >= 0.3 is 296 Å². The number of nitrogens with one attached hydrogen (secondary N) is 3. The van der Waals surface area contributed by atoms with Gasteiger partial charge in [-0.2, -0.15) is 0 Å². The molecule has 5 aliphatic heterocycles. The molecule has 5 heterocycles. The molecule has 1 unspecified atom stereocenters. The van der Waals surface area contributed by atoms with Crippen LogP contribution < -0.4 is 320 Å². The Labute approximate surface area is 787 Å². The van der Waals surface area contributed by atoms with E-state index in [9.17, 15) is 159 Å². The maximum Gasteiger partial charge on any atom is 1.00 e. The van der Waals surface area contributed by atoms with Gasteiger partial charge in [-0.05, 0) is 0 Å². The molecular weight excluding hydrogens is 1670 g/mol. The third-order valence-corrected chi connectivity index (χ3v) is 16.0. The van der Waals surface area contributed by atoms with Gasteiger partial charge in [-0.25, -0.2) is 81.5 Å². The maximum atomic E-state index is 12.8. The summed E-state index contributed by atoms with van der Waals surface area (Å²) in [5.74, 6) is -5.57. The van der Waals surface area contributed by atoms with Crippen LogP contribution in [-0.2, 0) is 156 Å². The van der Waals surface area contributed by atoms with E-state index in [1.165, 1.54) is 0 Å². The van der Waals surface area contributed by atoms with Gasteiger partial charge in [0.1, 0.15) is 116 Å². The number of ether oxygens (including phenoxy) is 9. The van der Waals surface area contributed by atoms with Crippen molar-refractivity contribution >= 4 is 94.8 Å². The first-order chi connectivity index (χ1) is 40.6. The maximum absolute atomic E-state index is 12.8. The summed E-state index contributed by atoms with van der Waals surface area (Å²) < 4.78 is 352. The zero-order valence-corrected chi connectivity index (χ0v) is 79.1. The molecule has 0 bridgehead atoms. The van der Waals surface area contributed by atoms with E-state index in [1.54, 1.807) is 0 Å². The van der Waals surface area contributed by atoms with Crippen LogP contribution in [0.15, 0.2) is 0 Å². The van der Waals surface area contributed by atoms with Crippen molar-refractivity contribution in [2.24, 2.45) is 0 Å². The summed E-state index contributed by atoms with van der Waals surface area (Å²) in [5.41, 5.74) is 0. The zero-order chi connectivity index (χ0) is 68.7. The summed E-state index contributed by atoms with van der Waals surface area (Å²) in [6.45, 7) is -5.54. The van der Waals surface area contributed by atoms with Crippen molar-refractivity contribution in [3.8, 4) is 0 Å². The first-order valence-electron chi connectivity index (χ1n) is 23.0. The van der Waals surface area contributed by atoms with Crippen molar-refractivity contribution in [2.75, 3.05) is 19.8 Å². The van der Waals surface area contributed by atoms with Gasteiger partial charge in [-0.1, -0.05) is 0 Å². The molecule has 25 atom stereocenters. The Morgan fingerprint density at radius 3 is 1.05 bits per heavy atom. The Bertz CT molecular complexity index is 3510. The molecule has 5 saturated heterocycles. The number of hydrogen-bond acceptors (Lipinski definition) is 49. The van der Waals surface area contributed by atoms with Crippen LogP contribution in [0.4, 0.5) is 0 Å². The summed E-state index contributed by atoms with van der Waals surface area (Å²) in [7, 11) is -49.2. The zero-order valence-electron chi connectivity index (χ0n) is 52.6. The van der Waals surface area contributed by atoms with Crippen LogP contribution in [0, 0.1) is 0 Å². The van der Waals surface area contributed by atoms with Crippen LogP contribution in [0.2, 0.25) is 0 Å². The molecule has 52 nitrogen and oxygen atoms in total. The number of carbonyl (C=O) groups is 2. The number of rotatable bonds is 29. The standard InChI is InChI=1S/C30H51N3O49S8.10Na/c34-10-4(1-69-86(54,55)56)73-27(8(11(10)35)32-84(48,49)50)77-19-13(37)14(38)29(79-22(19)24(40)41)76-17-6(3-71-88(60,61)62)74-28(9(33-85(51,52)53)18(17)81-89(63,64)65)78-20-15(39)21(82-90(66,67)68)30(80-23(20)25(42)43)75-16-5(2-70-87(57,58)59)72-26(44)7(12(16)36)31-83(45,46)47;;;;;;;;;;/h4-23,26-39,44H,1-3H2,(H,40,41)(H,42,43)(H,45,46,47)(H,48,49,50)(H,51,52,53)(H,54,55,56)(H,57,58,59)(H,60,61,62)(H,63,64,65)(H,66,67,68);;;;;;;;;;/q;10*+1/p-10/t4-,5-,6-,7-,8-,9-,10-,11-,12-,13-,14-,15+,16-,17-,18-,19+,20+,21-,22+,23-,26?,27-,28-,29-,30-;;;;;;;;;;/m1........../s1. The molecule has 0 amide bonds. The Morgan fingerprint density at radius 2 is 0.650 bits per heavy atom. The van der Waals surface area contributed by atoms with E-state index in [2.05, 4.69) is 20.9 Å². The van der Waals surface area contributed by atoms with Crippen LogP contribution in [0.5, 0.6) is 0 Å². The number of hydrogen-bond donors (Lipinski definition) is 10. The molecule has 10 N–H and O–H groups in total. The minimum atomic E-state index is -6.69. The number of carboxylic acid groups (broad SMARTS) is 2. The Hall–Kier alpha value is 7.26. The normalized spacial score (nSPS) is 35.0. The molecule has 528 valence electrons. The average molecular weight is 1710 g/mol. The molecule has 0 aromatic carbocycles. The quantitative estimate of drug-likeness (QED) is 0.0189. The van der Waals surface area contributed by atoms with Crippen LogP contribution in [0.25, 0.3) is 0 Å². The van der Waals surface area contributed by atoms with E-state index in [-0.39, 0.29) is 296 Å². The van der Waals surface area contributed by atoms with Crippen LogP contribution in [-0.4, -0.2) is 325 Å². The first kappa shape index (κ1) is 118. The van der Waals surface area contributed by atoms with Gasteiger partial charge in [0.25, 0.3) is 0 Å². The number of carboxylic acids is 2. The fraction of sp³-hybridized carbons (Fsp3) is 0.933. The van der Waals surface area contributed by atoms with Crippen molar-refractivity contribution in [1.82, 2.24) is 14.2 Å². The Kier molecular flexibility index (Phi) is 57.0. The van der Waals surface area contributed by atoms with Gasteiger partial charge in [-0.15, -0.1) is 0 Å². The van der Waals surface area contributed by atoms with Crippen LogP contribution in [0.1, 0.15) is 0 Å². The number of carbonyl (C=O) groups excluding carboxylic acids is 2. The molecule has 5 fully saturated rings. The Morgan fingerprint density at radius 1 is 0.320 bits per heavy atom. The molecule has 0 radical (unpaired) electrons. The predicted molar refractivity (Wildman–Crippen MR) is 237 cm³/mol. The van der Waals surface area contributed by atoms with Gasteiger partial charge in [0.2, 0.25) is 52.0 Å². The smallest absolute Gasteiger partial charge is 0.735 e. The average Bonchev–Trinajstić information content (AvgIpc) is 0.765. The summed E-state index contributed by atoms with van der Waals surface area (Å²) in [4.78, 5) is 25.4. The molecule has 0 aromatic rings. The van der Waals surface area contributed by atoms with Gasteiger partial charge in [0.05, 0.1) is 31.8 Å². The summed E-state index contributed by atoms with van der Waals surface area (Å²) in [5, 5.41) is 102. The fourth-order valence-corrected chi connectivity index (χ4v) is 12.4. The van der Waals surface area contributed by atoms with Crippen molar-refractivity contribution in [1.29, 1.82) is 0 Å². The summed E-state index contributed by atoms with van der Waals surface area (Å²) >= 11 is 0. The second-order valence-corrected chi connectivity index (χ2v) is 26.9. The van der Waals surface area contributed by atoms with Crippen LogP contribution >= 0.6 is 0 Å². The van der Waals surface area contributed by atoms with Crippen LogP contribution in [0.3, 0.4) is 0 Å². The van der Waals surface area contributed by atoms with Gasteiger partial charge in [0.15, 0.2) is 68.5 Å².